The predicted octanol–water partition coefficient (Wildman–Crippen LogP) is 3.27. The summed E-state index contributed by atoms with van der Waals surface area (Å²) >= 11 is 0. The number of pyridine rings is 1. The minimum Gasteiger partial charge on any atom is -0.497 e. The number of hydrogen-bond donors (Lipinski definition) is 2. The smallest absolute Gasteiger partial charge is 0.255 e. The van der Waals surface area contributed by atoms with E-state index in [1.54, 1.807) is 30.6 Å². The Hall–Kier alpha value is -2.93. The van der Waals surface area contributed by atoms with Crippen molar-refractivity contribution < 1.29 is 19.0 Å². The highest BCUT2D eigenvalue weighted by molar-refractivity contribution is 6.05. The molecule has 2 heterocycles. The summed E-state index contributed by atoms with van der Waals surface area (Å²) in [5.41, 5.74) is 2.22. The fourth-order valence-corrected chi connectivity index (χ4v) is 3.91. The number of methoxy groups -OCH3 is 1. The number of halogens is 1. The van der Waals surface area contributed by atoms with E-state index in [0.29, 0.717) is 28.8 Å². The van der Waals surface area contributed by atoms with Gasteiger partial charge >= 0.3 is 0 Å². The van der Waals surface area contributed by atoms with Crippen LogP contribution in [0.25, 0.3) is 11.0 Å². The number of nitrogens with zero attached hydrogens (tertiary/aromatic N) is 2. The second kappa shape index (κ2) is 8.21. The lowest BCUT2D eigenvalue weighted by molar-refractivity contribution is 0.0718. The number of benzene rings is 1. The number of aliphatic hydroxyl groups excluding tert-OH is 1. The van der Waals surface area contributed by atoms with Gasteiger partial charge in [-0.05, 0) is 31.0 Å². The van der Waals surface area contributed by atoms with Crippen molar-refractivity contribution in [3.63, 3.8) is 0 Å². The van der Waals surface area contributed by atoms with Crippen LogP contribution in [0.2, 0.25) is 0 Å². The molecule has 1 amide bonds. The van der Waals surface area contributed by atoms with Crippen molar-refractivity contribution in [2.24, 2.45) is 0 Å². The molecule has 4 rings (SSSR count). The highest BCUT2D eigenvalue weighted by Crippen LogP contribution is 2.24. The van der Waals surface area contributed by atoms with Gasteiger partial charge in [0.25, 0.3) is 5.91 Å². The Kier molecular flexibility index (Phi) is 5.49. The largest absolute Gasteiger partial charge is 0.497 e. The quantitative estimate of drug-likeness (QED) is 0.693. The van der Waals surface area contributed by atoms with E-state index in [1.807, 2.05) is 10.6 Å². The lowest BCUT2D eigenvalue weighted by atomic mass is 9.92. The lowest BCUT2D eigenvalue weighted by Crippen LogP contribution is -2.45. The first-order valence-corrected chi connectivity index (χ1v) is 9.82. The molecule has 0 aliphatic heterocycles. The summed E-state index contributed by atoms with van der Waals surface area (Å²) in [5, 5.41) is 13.1. The van der Waals surface area contributed by atoms with Crippen molar-refractivity contribution in [2.45, 2.75) is 44.4 Å². The standard InChI is InChI=1S/C22H24FN3O3/c1-29-15-9-8-14(17(23)11-15)12-26-13-16(21-19(26)6-4-10-24-21)22(28)25-18-5-2-3-7-20(18)27/h4,6,8-11,13,18,20,27H,2-3,5,7,12H2,1H3,(H,25,28)/t18-,20-/m0/s1. The van der Waals surface area contributed by atoms with Crippen LogP contribution in [0.1, 0.15) is 41.6 Å². The van der Waals surface area contributed by atoms with E-state index in [2.05, 4.69) is 10.3 Å². The Morgan fingerprint density at radius 2 is 2.17 bits per heavy atom. The maximum atomic E-state index is 14.4. The summed E-state index contributed by atoms with van der Waals surface area (Å²) in [7, 11) is 1.49. The highest BCUT2D eigenvalue weighted by Gasteiger charge is 2.26. The second-order valence-electron chi connectivity index (χ2n) is 7.43. The van der Waals surface area contributed by atoms with Crippen LogP contribution in [-0.2, 0) is 6.54 Å². The number of aromatic nitrogens is 2. The number of aliphatic hydroxyl groups is 1. The number of fused-ring (bicyclic) bond motifs is 1. The van der Waals surface area contributed by atoms with Crippen LogP contribution in [0.5, 0.6) is 5.75 Å². The maximum Gasteiger partial charge on any atom is 0.255 e. The van der Waals surface area contributed by atoms with Gasteiger partial charge in [-0.25, -0.2) is 4.39 Å². The average molecular weight is 397 g/mol. The molecule has 3 aromatic rings. The maximum absolute atomic E-state index is 14.4. The topological polar surface area (TPSA) is 76.4 Å². The molecule has 1 fully saturated rings. The van der Waals surface area contributed by atoms with Crippen LogP contribution in [0.4, 0.5) is 4.39 Å². The van der Waals surface area contributed by atoms with Crippen LogP contribution < -0.4 is 10.1 Å². The van der Waals surface area contributed by atoms with Crippen molar-refractivity contribution in [1.29, 1.82) is 0 Å². The third-order valence-electron chi connectivity index (χ3n) is 5.53. The number of ether oxygens (including phenoxy) is 1. The van der Waals surface area contributed by atoms with Gasteiger partial charge in [-0.2, -0.15) is 0 Å². The monoisotopic (exact) mass is 397 g/mol. The predicted molar refractivity (Wildman–Crippen MR) is 108 cm³/mol. The molecule has 2 atom stereocenters. The summed E-state index contributed by atoms with van der Waals surface area (Å²) in [5.74, 6) is -0.184. The normalized spacial score (nSPS) is 19.3. The number of hydrogen-bond acceptors (Lipinski definition) is 4. The van der Waals surface area contributed by atoms with Gasteiger partial charge in [0.15, 0.2) is 0 Å². The minimum absolute atomic E-state index is 0.252. The van der Waals surface area contributed by atoms with Gasteiger partial charge in [0.2, 0.25) is 0 Å². The van der Waals surface area contributed by atoms with Crippen molar-refractivity contribution in [3.05, 3.63) is 59.7 Å². The van der Waals surface area contributed by atoms with Crippen molar-refractivity contribution >= 4 is 16.9 Å². The molecule has 152 valence electrons. The zero-order valence-corrected chi connectivity index (χ0v) is 16.3. The second-order valence-corrected chi connectivity index (χ2v) is 7.43. The van der Waals surface area contributed by atoms with Gasteiger partial charge in [0.05, 0.1) is 36.9 Å². The third kappa shape index (κ3) is 3.96. The SMILES string of the molecule is COc1ccc(Cn2cc(C(=O)N[C@H]3CCCC[C@@H]3O)c3ncccc32)c(F)c1. The van der Waals surface area contributed by atoms with Gasteiger partial charge in [-0.15, -0.1) is 0 Å². The molecule has 1 aliphatic rings. The first-order chi connectivity index (χ1) is 14.1. The number of carbonyl (C=O) groups is 1. The summed E-state index contributed by atoms with van der Waals surface area (Å²) in [6, 6.07) is 8.12. The van der Waals surface area contributed by atoms with Crippen LogP contribution in [0.3, 0.4) is 0 Å². The zero-order chi connectivity index (χ0) is 20.4. The molecule has 2 N–H and O–H groups in total. The Morgan fingerprint density at radius 1 is 1.34 bits per heavy atom. The van der Waals surface area contributed by atoms with Gasteiger partial charge in [0, 0.05) is 24.0 Å². The molecule has 1 aromatic carbocycles. The lowest BCUT2D eigenvalue weighted by Gasteiger charge is -2.28. The van der Waals surface area contributed by atoms with E-state index in [1.165, 1.54) is 13.2 Å². The first-order valence-electron chi connectivity index (χ1n) is 9.82. The van der Waals surface area contributed by atoms with E-state index in [-0.39, 0.29) is 24.3 Å². The summed E-state index contributed by atoms with van der Waals surface area (Å²) < 4.78 is 21.3. The van der Waals surface area contributed by atoms with Crippen molar-refractivity contribution in [2.75, 3.05) is 7.11 Å². The number of carbonyl (C=O) groups excluding carboxylic acids is 1. The Balaban J connectivity index is 1.64. The van der Waals surface area contributed by atoms with Crippen LogP contribution >= 0.6 is 0 Å². The van der Waals surface area contributed by atoms with E-state index >= 15 is 0 Å². The molecule has 29 heavy (non-hydrogen) atoms. The summed E-state index contributed by atoms with van der Waals surface area (Å²) in [6.45, 7) is 0.261. The molecular weight excluding hydrogens is 373 g/mol. The highest BCUT2D eigenvalue weighted by atomic mass is 19.1. The molecule has 7 heteroatoms. The molecular formula is C22H24FN3O3. The average Bonchev–Trinajstić information content (AvgIpc) is 3.10. The molecule has 0 saturated heterocycles. The molecule has 0 bridgehead atoms. The van der Waals surface area contributed by atoms with Gasteiger partial charge in [-0.3, -0.25) is 9.78 Å². The first kappa shape index (κ1) is 19.4. The Labute approximate surface area is 168 Å². The molecule has 0 spiro atoms. The molecule has 1 saturated carbocycles. The zero-order valence-electron chi connectivity index (χ0n) is 16.3. The van der Waals surface area contributed by atoms with Crippen LogP contribution in [-0.4, -0.2) is 39.8 Å². The molecule has 6 nitrogen and oxygen atoms in total. The number of rotatable bonds is 5. The van der Waals surface area contributed by atoms with Gasteiger partial charge in [0.1, 0.15) is 17.1 Å². The molecule has 0 unspecified atom stereocenters. The van der Waals surface area contributed by atoms with Gasteiger partial charge < -0.3 is 19.7 Å². The fourth-order valence-electron chi connectivity index (χ4n) is 3.91. The molecule has 0 radical (unpaired) electrons. The Morgan fingerprint density at radius 3 is 2.93 bits per heavy atom. The fraction of sp³-hybridized carbons (Fsp3) is 0.364. The van der Waals surface area contributed by atoms with Gasteiger partial charge in [-0.1, -0.05) is 18.9 Å². The number of amides is 1. The van der Waals surface area contributed by atoms with Crippen molar-refractivity contribution in [3.8, 4) is 5.75 Å². The number of nitrogens with one attached hydrogen (secondary N) is 1. The van der Waals surface area contributed by atoms with E-state index < -0.39 is 6.10 Å². The van der Waals surface area contributed by atoms with E-state index in [0.717, 1.165) is 24.8 Å². The van der Waals surface area contributed by atoms with E-state index in [9.17, 15) is 14.3 Å². The summed E-state index contributed by atoms with van der Waals surface area (Å²) in [4.78, 5) is 17.3. The third-order valence-corrected chi connectivity index (χ3v) is 5.53. The molecule has 2 aromatic heterocycles. The minimum atomic E-state index is -0.526. The summed E-state index contributed by atoms with van der Waals surface area (Å²) in [6.07, 6.45) is 6.22. The van der Waals surface area contributed by atoms with Crippen LogP contribution in [0.15, 0.2) is 42.7 Å². The van der Waals surface area contributed by atoms with Crippen molar-refractivity contribution in [1.82, 2.24) is 14.9 Å². The Bertz CT molecular complexity index is 1030. The van der Waals surface area contributed by atoms with E-state index in [4.69, 9.17) is 4.74 Å². The molecule has 1 aliphatic carbocycles. The van der Waals surface area contributed by atoms with Crippen LogP contribution in [0, 0.1) is 5.82 Å².